The highest BCUT2D eigenvalue weighted by molar-refractivity contribution is 7.86. The molecule has 19 nitrogen and oxygen atoms in total. The Morgan fingerprint density at radius 2 is 0.926 bits per heavy atom. The molecule has 21 heteroatoms. The number of rotatable bonds is 16. The van der Waals surface area contributed by atoms with E-state index in [0.717, 1.165) is 22.9 Å². The zero-order valence-electron chi connectivity index (χ0n) is 40.7. The second kappa shape index (κ2) is 26.6. The Labute approximate surface area is 398 Å². The van der Waals surface area contributed by atoms with Gasteiger partial charge in [0.05, 0.1) is 59.9 Å². The van der Waals surface area contributed by atoms with Crippen molar-refractivity contribution in [2.24, 2.45) is 0 Å². The summed E-state index contributed by atoms with van der Waals surface area (Å²) in [7, 11) is 3.43. The van der Waals surface area contributed by atoms with Crippen molar-refractivity contribution >= 4 is 46.8 Å². The third kappa shape index (κ3) is 20.0. The van der Waals surface area contributed by atoms with Crippen LogP contribution in [-0.4, -0.2) is 122 Å². The Hall–Kier alpha value is -6.71. The summed E-state index contributed by atoms with van der Waals surface area (Å²) in [5.41, 5.74) is 2.14. The van der Waals surface area contributed by atoms with E-state index in [4.69, 9.17) is 52.1 Å². The molecule has 0 aliphatic heterocycles. The second-order valence-corrected chi connectivity index (χ2v) is 18.0. The van der Waals surface area contributed by atoms with Crippen molar-refractivity contribution in [1.82, 2.24) is 10.6 Å². The molecular weight excluding hydrogens is 907 g/mol. The average molecular weight is 971 g/mol. The molecule has 0 spiro atoms. The molecule has 4 aromatic rings. The summed E-state index contributed by atoms with van der Waals surface area (Å²) >= 11 is 0. The highest BCUT2D eigenvalue weighted by atomic mass is 32.2. The van der Waals surface area contributed by atoms with Gasteiger partial charge in [0.2, 0.25) is 0 Å². The van der Waals surface area contributed by atoms with Crippen molar-refractivity contribution in [2.45, 2.75) is 77.7 Å². The van der Waals surface area contributed by atoms with Gasteiger partial charge < -0.3 is 62.8 Å². The van der Waals surface area contributed by atoms with Crippen molar-refractivity contribution in [1.29, 1.82) is 0 Å². The highest BCUT2D eigenvalue weighted by Crippen LogP contribution is 2.38. The monoisotopic (exact) mass is 970 g/mol. The van der Waals surface area contributed by atoms with E-state index in [0.29, 0.717) is 28.6 Å². The molecule has 0 radical (unpaired) electrons. The minimum absolute atomic E-state index is 0.144. The number of amides is 2. The van der Waals surface area contributed by atoms with Gasteiger partial charge in [-0.05, 0) is 94.6 Å². The van der Waals surface area contributed by atoms with Gasteiger partial charge in [0.25, 0.3) is 0 Å². The fourth-order valence-corrected chi connectivity index (χ4v) is 6.44. The summed E-state index contributed by atoms with van der Waals surface area (Å²) in [6.45, 7) is 10.4. The number of hydrogen-bond donors (Lipinski definition) is 4. The quantitative estimate of drug-likeness (QED) is 0.0499. The van der Waals surface area contributed by atoms with Gasteiger partial charge in [0, 0.05) is 12.8 Å². The maximum Gasteiger partial charge on any atom is 0.496 e. The van der Waals surface area contributed by atoms with Gasteiger partial charge in [-0.15, -0.1) is 0 Å². The van der Waals surface area contributed by atoms with E-state index >= 15 is 0 Å². The molecule has 0 saturated carbocycles. The Morgan fingerprint density at radius 1 is 0.574 bits per heavy atom. The molecule has 4 N–H and O–H groups in total. The van der Waals surface area contributed by atoms with Gasteiger partial charge in [0.15, 0.2) is 0 Å². The van der Waals surface area contributed by atoms with Crippen LogP contribution in [0.2, 0.25) is 0 Å². The predicted octanol–water partition coefficient (Wildman–Crippen LogP) is 5.00. The lowest BCUT2D eigenvalue weighted by molar-refractivity contribution is -0.143. The summed E-state index contributed by atoms with van der Waals surface area (Å²) in [6.07, 6.45) is -0.0626. The van der Waals surface area contributed by atoms with Gasteiger partial charge in [-0.2, -0.15) is 8.42 Å². The van der Waals surface area contributed by atoms with E-state index in [1.54, 1.807) is 86.1 Å². The van der Waals surface area contributed by atoms with Crippen molar-refractivity contribution in [2.75, 3.05) is 48.9 Å². The van der Waals surface area contributed by atoms with Crippen LogP contribution in [0.3, 0.4) is 0 Å². The zero-order valence-corrected chi connectivity index (χ0v) is 41.5. The van der Waals surface area contributed by atoms with Crippen LogP contribution in [0, 0.1) is 0 Å². The Bertz CT molecular complexity index is 2320. The number of methoxy groups -OCH3 is 6. The molecule has 2 atom stereocenters. The standard InChI is InChI=1S/C23H29NO6.C16H23NO7S.C8H11BO4/c1-23(2,3)30-22(26)24-17(21(25)29-6)14-15-10-12-16(13-11-15)20-18(27-4)8-7-9-19(20)28-5;1-16(2,3)23-15(19)17-13(14(18)22-4)10-11-6-8-12(9-7-11)24-25(5,20)21;1-12-6-4-3-5-7(13-2)8(6)9(10)11/h7-13,17H,14H2,1-6H3,(H,24,26);6-9,13H,10H2,1-5H3,(H,17,19);3-5,10-11H,1-2H3/t17-;13-;/m00./s1. The Morgan fingerprint density at radius 3 is 1.24 bits per heavy atom. The summed E-state index contributed by atoms with van der Waals surface area (Å²) < 4.78 is 67.6. The van der Waals surface area contributed by atoms with E-state index in [1.807, 2.05) is 42.5 Å². The molecule has 68 heavy (non-hydrogen) atoms. The van der Waals surface area contributed by atoms with E-state index in [9.17, 15) is 27.6 Å². The topological polar surface area (TPSA) is 250 Å². The molecule has 0 aliphatic rings. The number of hydrogen-bond acceptors (Lipinski definition) is 17. The number of esters is 2. The number of nitrogens with one attached hydrogen (secondary N) is 2. The van der Waals surface area contributed by atoms with Gasteiger partial charge >= 0.3 is 41.4 Å². The second-order valence-electron chi connectivity index (χ2n) is 16.5. The Kier molecular flexibility index (Phi) is 22.5. The van der Waals surface area contributed by atoms with Crippen LogP contribution in [0.1, 0.15) is 52.7 Å². The first-order valence-corrected chi connectivity index (χ1v) is 22.6. The largest absolute Gasteiger partial charge is 0.497 e. The lowest BCUT2D eigenvalue weighted by atomic mass is 9.78. The molecule has 372 valence electrons. The maximum absolute atomic E-state index is 12.1. The normalized spacial score (nSPS) is 11.8. The fourth-order valence-electron chi connectivity index (χ4n) is 5.98. The maximum atomic E-state index is 12.1. The first kappa shape index (κ1) is 57.4. The van der Waals surface area contributed by atoms with Gasteiger partial charge in [-0.1, -0.05) is 48.5 Å². The lowest BCUT2D eigenvalue weighted by Gasteiger charge is -2.22. The molecule has 0 bridgehead atoms. The summed E-state index contributed by atoms with van der Waals surface area (Å²) in [5.74, 6) is 1.17. The van der Waals surface area contributed by atoms with Crippen molar-refractivity contribution in [3.8, 4) is 39.9 Å². The fraction of sp³-hybridized carbons (Fsp3) is 0.404. The molecule has 0 aliphatic carbocycles. The van der Waals surface area contributed by atoms with E-state index < -0.39 is 64.6 Å². The summed E-state index contributed by atoms with van der Waals surface area (Å²) in [4.78, 5) is 48.0. The molecule has 0 unspecified atom stereocenters. The van der Waals surface area contributed by atoms with Gasteiger partial charge in [0.1, 0.15) is 52.0 Å². The van der Waals surface area contributed by atoms with Gasteiger partial charge in [-0.25, -0.2) is 19.2 Å². The smallest absolute Gasteiger partial charge is 0.496 e. The van der Waals surface area contributed by atoms with Crippen LogP contribution in [0.5, 0.6) is 28.7 Å². The van der Waals surface area contributed by atoms with Crippen molar-refractivity contribution in [3.63, 3.8) is 0 Å². The van der Waals surface area contributed by atoms with E-state index in [2.05, 4.69) is 10.6 Å². The van der Waals surface area contributed by atoms with Crippen LogP contribution in [0.15, 0.2) is 84.9 Å². The molecular formula is C47H63BN2O17S. The van der Waals surface area contributed by atoms with Crippen molar-refractivity contribution < 1.29 is 79.7 Å². The zero-order chi connectivity index (χ0) is 51.4. The Balaban J connectivity index is 0.000000376. The minimum atomic E-state index is -3.61. The molecule has 0 aromatic heterocycles. The highest BCUT2D eigenvalue weighted by Gasteiger charge is 2.27. The molecule has 2 amide bonds. The van der Waals surface area contributed by atoms with Crippen LogP contribution >= 0.6 is 0 Å². The molecule has 4 aromatic carbocycles. The number of carbonyl (C=O) groups excluding carboxylic acids is 4. The minimum Gasteiger partial charge on any atom is -0.497 e. The third-order valence-corrected chi connectivity index (χ3v) is 9.29. The molecule has 0 fully saturated rings. The van der Waals surface area contributed by atoms with E-state index in [1.165, 1.54) is 40.6 Å². The number of ether oxygens (including phenoxy) is 8. The predicted molar refractivity (Wildman–Crippen MR) is 254 cm³/mol. The van der Waals surface area contributed by atoms with Gasteiger partial charge in [-0.3, -0.25) is 0 Å². The number of carbonyl (C=O) groups is 4. The summed E-state index contributed by atoms with van der Waals surface area (Å²) in [5, 5.41) is 23.1. The number of benzene rings is 4. The molecule has 0 heterocycles. The third-order valence-electron chi connectivity index (χ3n) is 8.80. The molecule has 0 saturated heterocycles. The van der Waals surface area contributed by atoms with Crippen molar-refractivity contribution in [3.05, 3.63) is 96.1 Å². The first-order valence-electron chi connectivity index (χ1n) is 20.8. The average Bonchev–Trinajstić information content (AvgIpc) is 3.26. The SMILES string of the molecule is COC(=O)[C@H](Cc1ccc(-c2c(OC)cccc2OC)cc1)NC(=O)OC(C)(C)C.COC(=O)[C@H](Cc1ccc(OS(C)(=O)=O)cc1)NC(=O)OC(C)(C)C.COc1cccc(OC)c1B(O)O. The lowest BCUT2D eigenvalue weighted by Crippen LogP contribution is -2.45. The van der Waals surface area contributed by atoms with Crippen LogP contribution < -0.4 is 39.2 Å². The van der Waals surface area contributed by atoms with Crippen LogP contribution in [0.4, 0.5) is 9.59 Å². The molecule has 4 rings (SSSR count). The number of alkyl carbamates (subject to hydrolysis) is 2. The van der Waals surface area contributed by atoms with Crippen LogP contribution in [0.25, 0.3) is 11.1 Å². The first-order chi connectivity index (χ1) is 31.8. The van der Waals surface area contributed by atoms with E-state index in [-0.39, 0.29) is 24.1 Å². The summed E-state index contributed by atoms with van der Waals surface area (Å²) in [6, 6.07) is 22.5. The van der Waals surface area contributed by atoms with Crippen LogP contribution in [-0.2, 0) is 51.5 Å².